The van der Waals surface area contributed by atoms with E-state index in [9.17, 15) is 8.78 Å². The summed E-state index contributed by atoms with van der Waals surface area (Å²) in [6, 6.07) is 6.64. The molecule has 0 aromatic heterocycles. The standard InChI is InChI=1S/C12H7Cl2F2N/c13-6-1-2-9(14)7(3-6)8-4-10(15)11(16)5-12(8)17/h1-5H,17H2. The van der Waals surface area contributed by atoms with Crippen molar-refractivity contribution < 1.29 is 8.78 Å². The van der Waals surface area contributed by atoms with Crippen molar-refractivity contribution in [1.29, 1.82) is 0 Å². The maximum absolute atomic E-state index is 13.2. The highest BCUT2D eigenvalue weighted by atomic mass is 35.5. The first kappa shape index (κ1) is 12.1. The average molecular weight is 274 g/mol. The Morgan fingerprint density at radius 2 is 1.53 bits per heavy atom. The van der Waals surface area contributed by atoms with Crippen molar-refractivity contribution in [3.63, 3.8) is 0 Å². The van der Waals surface area contributed by atoms with Gasteiger partial charge in [-0.15, -0.1) is 0 Å². The summed E-state index contributed by atoms with van der Waals surface area (Å²) in [5, 5.41) is 0.806. The number of anilines is 1. The van der Waals surface area contributed by atoms with Crippen molar-refractivity contribution in [1.82, 2.24) is 0 Å². The molecule has 2 rings (SSSR count). The van der Waals surface area contributed by atoms with Gasteiger partial charge in [0.2, 0.25) is 0 Å². The minimum atomic E-state index is -0.996. The maximum atomic E-state index is 13.2. The second-order valence-corrected chi connectivity index (χ2v) is 4.32. The molecule has 0 bridgehead atoms. The summed E-state index contributed by atoms with van der Waals surface area (Å²) in [4.78, 5) is 0. The zero-order valence-electron chi connectivity index (χ0n) is 8.48. The van der Waals surface area contributed by atoms with Crippen LogP contribution in [0.5, 0.6) is 0 Å². The van der Waals surface area contributed by atoms with Crippen molar-refractivity contribution in [2.24, 2.45) is 0 Å². The molecule has 0 unspecified atom stereocenters. The van der Waals surface area contributed by atoms with Crippen LogP contribution in [0.25, 0.3) is 11.1 Å². The van der Waals surface area contributed by atoms with E-state index >= 15 is 0 Å². The predicted molar refractivity (Wildman–Crippen MR) is 66.2 cm³/mol. The quantitative estimate of drug-likeness (QED) is 0.760. The fraction of sp³-hybridized carbons (Fsp3) is 0. The molecule has 0 aliphatic heterocycles. The third-order valence-corrected chi connectivity index (χ3v) is 2.88. The van der Waals surface area contributed by atoms with Gasteiger partial charge in [-0.25, -0.2) is 8.78 Å². The Bertz CT molecular complexity index is 585. The first-order valence-electron chi connectivity index (χ1n) is 4.69. The van der Waals surface area contributed by atoms with Gasteiger partial charge in [0.15, 0.2) is 11.6 Å². The lowest BCUT2D eigenvalue weighted by Crippen LogP contribution is -1.95. The van der Waals surface area contributed by atoms with E-state index < -0.39 is 11.6 Å². The lowest BCUT2D eigenvalue weighted by molar-refractivity contribution is 0.509. The van der Waals surface area contributed by atoms with Crippen LogP contribution in [-0.4, -0.2) is 0 Å². The summed E-state index contributed by atoms with van der Waals surface area (Å²) in [5.41, 5.74) is 6.52. The van der Waals surface area contributed by atoms with Crippen LogP contribution in [0.15, 0.2) is 30.3 Å². The maximum Gasteiger partial charge on any atom is 0.160 e. The van der Waals surface area contributed by atoms with Crippen molar-refractivity contribution in [3.8, 4) is 11.1 Å². The van der Waals surface area contributed by atoms with Gasteiger partial charge in [0.1, 0.15) is 0 Å². The Labute approximate surface area is 107 Å². The van der Waals surface area contributed by atoms with Crippen molar-refractivity contribution in [2.75, 3.05) is 5.73 Å². The Kier molecular flexibility index (Phi) is 3.22. The first-order valence-corrected chi connectivity index (χ1v) is 5.44. The third kappa shape index (κ3) is 2.35. The fourth-order valence-electron chi connectivity index (χ4n) is 1.50. The number of halogens is 4. The molecule has 0 radical (unpaired) electrons. The second-order valence-electron chi connectivity index (χ2n) is 3.48. The zero-order valence-corrected chi connectivity index (χ0v) is 9.99. The Balaban J connectivity index is 2.68. The number of hydrogen-bond acceptors (Lipinski definition) is 1. The largest absolute Gasteiger partial charge is 0.398 e. The molecule has 1 nitrogen and oxygen atoms in total. The molecule has 0 spiro atoms. The molecule has 0 atom stereocenters. The topological polar surface area (TPSA) is 26.0 Å². The molecule has 17 heavy (non-hydrogen) atoms. The summed E-state index contributed by atoms with van der Waals surface area (Å²) < 4.78 is 26.1. The number of nitrogen functional groups attached to an aromatic ring is 1. The van der Waals surface area contributed by atoms with Crippen molar-refractivity contribution in [2.45, 2.75) is 0 Å². The summed E-state index contributed by atoms with van der Waals surface area (Å²) in [6.07, 6.45) is 0. The monoisotopic (exact) mass is 273 g/mol. The summed E-state index contributed by atoms with van der Waals surface area (Å²) >= 11 is 11.8. The number of hydrogen-bond donors (Lipinski definition) is 1. The van der Waals surface area contributed by atoms with Crippen LogP contribution in [0.3, 0.4) is 0 Å². The SMILES string of the molecule is Nc1cc(F)c(F)cc1-c1cc(Cl)ccc1Cl. The van der Waals surface area contributed by atoms with Gasteiger partial charge in [-0.2, -0.15) is 0 Å². The Hall–Kier alpha value is -1.32. The Morgan fingerprint density at radius 3 is 2.24 bits per heavy atom. The molecule has 2 N–H and O–H groups in total. The molecule has 88 valence electrons. The van der Waals surface area contributed by atoms with Gasteiger partial charge in [0.05, 0.1) is 0 Å². The first-order chi connectivity index (χ1) is 7.99. The highest BCUT2D eigenvalue weighted by Gasteiger charge is 2.12. The molecule has 0 aliphatic rings. The number of benzene rings is 2. The zero-order chi connectivity index (χ0) is 12.6. The van der Waals surface area contributed by atoms with Crippen LogP contribution in [0.4, 0.5) is 14.5 Å². The van der Waals surface area contributed by atoms with E-state index in [2.05, 4.69) is 0 Å². The molecule has 2 aromatic rings. The molecule has 0 saturated heterocycles. The fourth-order valence-corrected chi connectivity index (χ4v) is 1.89. The second kappa shape index (κ2) is 4.51. The number of nitrogens with two attached hydrogens (primary N) is 1. The van der Waals surface area contributed by atoms with E-state index in [1.807, 2.05) is 0 Å². The van der Waals surface area contributed by atoms with E-state index in [4.69, 9.17) is 28.9 Å². The molecule has 0 amide bonds. The van der Waals surface area contributed by atoms with Gasteiger partial charge in [0.25, 0.3) is 0 Å². The van der Waals surface area contributed by atoms with Gasteiger partial charge in [0, 0.05) is 32.9 Å². The lowest BCUT2D eigenvalue weighted by atomic mass is 10.0. The van der Waals surface area contributed by atoms with Gasteiger partial charge in [-0.05, 0) is 24.3 Å². The molecule has 2 aromatic carbocycles. The molecule has 0 aliphatic carbocycles. The van der Waals surface area contributed by atoms with Crippen LogP contribution >= 0.6 is 23.2 Å². The smallest absolute Gasteiger partial charge is 0.160 e. The third-order valence-electron chi connectivity index (χ3n) is 2.31. The van der Waals surface area contributed by atoms with Gasteiger partial charge in [-0.1, -0.05) is 23.2 Å². The highest BCUT2D eigenvalue weighted by molar-refractivity contribution is 6.35. The van der Waals surface area contributed by atoms with E-state index in [0.717, 1.165) is 12.1 Å². The average Bonchev–Trinajstić information content (AvgIpc) is 2.27. The lowest BCUT2D eigenvalue weighted by Gasteiger charge is -2.09. The molecule has 0 heterocycles. The minimum absolute atomic E-state index is 0.105. The van der Waals surface area contributed by atoms with E-state index in [0.29, 0.717) is 21.2 Å². The summed E-state index contributed by atoms with van der Waals surface area (Å²) in [5.74, 6) is -1.98. The van der Waals surface area contributed by atoms with Crippen LogP contribution < -0.4 is 5.73 Å². The van der Waals surface area contributed by atoms with Crippen LogP contribution in [0.2, 0.25) is 10.0 Å². The predicted octanol–water partition coefficient (Wildman–Crippen LogP) is 4.52. The van der Waals surface area contributed by atoms with E-state index in [1.165, 1.54) is 0 Å². The van der Waals surface area contributed by atoms with Crippen molar-refractivity contribution in [3.05, 3.63) is 52.0 Å². The molecule has 5 heteroatoms. The van der Waals surface area contributed by atoms with Crippen LogP contribution in [-0.2, 0) is 0 Å². The van der Waals surface area contributed by atoms with Crippen molar-refractivity contribution >= 4 is 28.9 Å². The number of rotatable bonds is 1. The van der Waals surface area contributed by atoms with Crippen LogP contribution in [0.1, 0.15) is 0 Å². The summed E-state index contributed by atoms with van der Waals surface area (Å²) in [7, 11) is 0. The van der Waals surface area contributed by atoms with Gasteiger partial charge >= 0.3 is 0 Å². The highest BCUT2D eigenvalue weighted by Crippen LogP contribution is 2.35. The Morgan fingerprint density at radius 1 is 0.882 bits per heavy atom. The molecular formula is C12H7Cl2F2N. The molecule has 0 saturated carbocycles. The summed E-state index contributed by atoms with van der Waals surface area (Å²) in [6.45, 7) is 0. The van der Waals surface area contributed by atoms with Gasteiger partial charge < -0.3 is 5.73 Å². The molecular weight excluding hydrogens is 267 g/mol. The minimum Gasteiger partial charge on any atom is -0.398 e. The normalized spacial score (nSPS) is 10.6. The van der Waals surface area contributed by atoms with E-state index in [1.54, 1.807) is 18.2 Å². The van der Waals surface area contributed by atoms with E-state index in [-0.39, 0.29) is 5.69 Å². The molecule has 0 fully saturated rings. The van der Waals surface area contributed by atoms with Gasteiger partial charge in [-0.3, -0.25) is 0 Å². The van der Waals surface area contributed by atoms with Crippen LogP contribution in [0, 0.1) is 11.6 Å².